The largest absolute Gasteiger partial charge is 0.481 e. The molecule has 7 rings (SSSR count). The second-order valence-corrected chi connectivity index (χ2v) is 23.0. The van der Waals surface area contributed by atoms with Crippen molar-refractivity contribution in [3.8, 4) is 0 Å². The minimum Gasteiger partial charge on any atom is -0.481 e. The molecule has 1 amide bonds. The van der Waals surface area contributed by atoms with Crippen LogP contribution >= 0.6 is 11.6 Å². The lowest BCUT2D eigenvalue weighted by Crippen LogP contribution is -2.66. The number of carbonyl (C=O) groups excluding carboxylic acids is 3. The third kappa shape index (κ3) is 7.33. The first-order valence-corrected chi connectivity index (χ1v) is 23.7. The number of allylic oxidation sites excluding steroid dienone is 1. The van der Waals surface area contributed by atoms with Crippen LogP contribution in [0.25, 0.3) is 0 Å². The number of aliphatic hydroxyl groups excluding tert-OH is 1. The zero-order chi connectivity index (χ0) is 44.7. The molecule has 0 spiro atoms. The summed E-state index contributed by atoms with van der Waals surface area (Å²) >= 11 is 6.04. The minimum absolute atomic E-state index is 0.0103. The van der Waals surface area contributed by atoms with Gasteiger partial charge in [-0.15, -0.1) is 0 Å². The number of halogens is 1. The molecular weight excluding hydrogens is 790 g/mol. The Kier molecular flexibility index (Phi) is 12.4. The number of ketones is 1. The predicted molar refractivity (Wildman–Crippen MR) is 238 cm³/mol. The number of fused-ring (bicyclic) bond motifs is 7. The number of carboxylic acids is 1. The van der Waals surface area contributed by atoms with E-state index in [0.29, 0.717) is 61.3 Å². The van der Waals surface area contributed by atoms with Crippen molar-refractivity contribution in [1.29, 1.82) is 0 Å². The highest BCUT2D eigenvalue weighted by Crippen LogP contribution is 2.77. The zero-order valence-corrected chi connectivity index (χ0v) is 39.1. The highest BCUT2D eigenvalue weighted by molar-refractivity contribution is 6.30. The number of amides is 1. The van der Waals surface area contributed by atoms with Gasteiger partial charge in [-0.1, -0.05) is 79.5 Å². The van der Waals surface area contributed by atoms with Gasteiger partial charge in [-0.25, -0.2) is 0 Å². The van der Waals surface area contributed by atoms with Crippen LogP contribution in [0, 0.1) is 68.0 Å². The summed E-state index contributed by atoms with van der Waals surface area (Å²) in [5.74, 6) is -0.953. The standard InChI is InChI=1S/C50H74ClN3O7/c1-28(2)40-35(55)25-50(38(56)27-53-26-31(18-23-52)54-42(57)29-10-12-30(51)13-11-29)22-21-48(8)32(41(40)50)14-15-37-47(7)19-17-39(46(5,6)36(47)16-20-49(37,48)9)61-44(60)34-24-33(43(58)59)45(34,3)4/h10-13,28,31-34,36-39,53,56H,14-27,52H2,1-9H3,(H,54,57)(H,58,59)/t31?,32-,33+,34-,36+,37-,38+,39+,47+,48-,49-,50+/m1/s1. The van der Waals surface area contributed by atoms with Gasteiger partial charge in [-0.3, -0.25) is 19.2 Å². The van der Waals surface area contributed by atoms with Gasteiger partial charge in [0, 0.05) is 47.0 Å². The van der Waals surface area contributed by atoms with Crippen LogP contribution in [0.2, 0.25) is 5.02 Å². The summed E-state index contributed by atoms with van der Waals surface area (Å²) < 4.78 is 6.43. The number of nitrogens with two attached hydrogens (primary N) is 1. The number of ether oxygens (including phenoxy) is 1. The second kappa shape index (κ2) is 16.3. The first-order valence-electron chi connectivity index (χ1n) is 23.4. The first-order chi connectivity index (χ1) is 28.5. The number of hydrogen-bond acceptors (Lipinski definition) is 8. The van der Waals surface area contributed by atoms with Crippen molar-refractivity contribution >= 4 is 35.2 Å². The zero-order valence-electron chi connectivity index (χ0n) is 38.3. The Balaban J connectivity index is 1.08. The number of aliphatic hydroxyl groups is 1. The van der Waals surface area contributed by atoms with Crippen LogP contribution in [0.5, 0.6) is 0 Å². The van der Waals surface area contributed by atoms with E-state index in [-0.39, 0.29) is 63.3 Å². The smallest absolute Gasteiger partial charge is 0.309 e. The molecule has 6 N–H and O–H groups in total. The van der Waals surface area contributed by atoms with Gasteiger partial charge in [-0.05, 0) is 146 Å². The lowest BCUT2D eigenvalue weighted by molar-refractivity contribution is -0.238. The summed E-state index contributed by atoms with van der Waals surface area (Å²) in [4.78, 5) is 52.8. The van der Waals surface area contributed by atoms with Crippen LogP contribution in [0.3, 0.4) is 0 Å². The SMILES string of the molecule is CC(C)C1=C2[C@H]3CC[C@@H]4[C@@]5(C)CC[C@H](OC(=O)[C@H]6C[C@@H](C(=O)O)C6(C)C)C(C)(C)[C@@H]5CC[C@@]4(C)[C@]3(C)CC[C@@]2([C@@H](O)CNCC(CCN)NC(=O)c2ccc(Cl)cc2)CC1=O. The molecule has 338 valence electrons. The number of hydrogen-bond donors (Lipinski definition) is 5. The van der Waals surface area contributed by atoms with Gasteiger partial charge >= 0.3 is 11.9 Å². The number of benzene rings is 1. The van der Waals surface area contributed by atoms with Gasteiger partial charge in [0.1, 0.15) is 6.10 Å². The van der Waals surface area contributed by atoms with Crippen molar-refractivity contribution < 1.29 is 34.1 Å². The highest BCUT2D eigenvalue weighted by atomic mass is 35.5. The third-order valence-corrected chi connectivity index (χ3v) is 19.1. The number of aliphatic carboxylic acids is 1. The Morgan fingerprint density at radius 1 is 0.869 bits per heavy atom. The van der Waals surface area contributed by atoms with Crippen LogP contribution in [0.1, 0.15) is 143 Å². The second-order valence-electron chi connectivity index (χ2n) is 22.6. The Labute approximate surface area is 369 Å². The molecule has 1 aromatic carbocycles. The summed E-state index contributed by atoms with van der Waals surface area (Å²) in [5, 5.41) is 29.2. The normalized spacial score (nSPS) is 38.3. The van der Waals surface area contributed by atoms with Crippen molar-refractivity contribution in [1.82, 2.24) is 10.6 Å². The number of rotatable bonds is 13. The predicted octanol–water partition coefficient (Wildman–Crippen LogP) is 8.38. The molecule has 0 aliphatic heterocycles. The number of Topliss-reactive ketones (excluding diaryl/α,β-unsaturated/α-hetero) is 1. The molecule has 0 radical (unpaired) electrons. The molecule has 1 unspecified atom stereocenters. The topological polar surface area (TPSA) is 168 Å². The van der Waals surface area contributed by atoms with Gasteiger partial charge in [-0.2, -0.15) is 0 Å². The van der Waals surface area contributed by atoms with Crippen LogP contribution in [0.4, 0.5) is 0 Å². The summed E-state index contributed by atoms with van der Waals surface area (Å²) in [5.41, 5.74) is 7.16. The molecule has 5 saturated carbocycles. The molecule has 1 aromatic rings. The molecule has 12 atom stereocenters. The number of nitrogens with one attached hydrogen (secondary N) is 2. The van der Waals surface area contributed by atoms with E-state index >= 15 is 0 Å². The average Bonchev–Trinajstić information content (AvgIpc) is 3.49. The molecule has 10 nitrogen and oxygen atoms in total. The van der Waals surface area contributed by atoms with Crippen molar-refractivity contribution in [2.45, 2.75) is 151 Å². The lowest BCUT2D eigenvalue weighted by atomic mass is 9.33. The quantitative estimate of drug-likeness (QED) is 0.122. The van der Waals surface area contributed by atoms with Crippen LogP contribution in [-0.4, -0.2) is 71.7 Å². The fourth-order valence-electron chi connectivity index (χ4n) is 15.1. The monoisotopic (exact) mass is 864 g/mol. The lowest BCUT2D eigenvalue weighted by Gasteiger charge is -2.72. The van der Waals surface area contributed by atoms with Gasteiger partial charge in [0.15, 0.2) is 5.78 Å². The Bertz CT molecular complexity index is 1930. The van der Waals surface area contributed by atoms with E-state index in [0.717, 1.165) is 56.9 Å². The number of esters is 1. The van der Waals surface area contributed by atoms with E-state index in [1.807, 2.05) is 13.8 Å². The van der Waals surface area contributed by atoms with Crippen LogP contribution in [-0.2, 0) is 19.1 Å². The van der Waals surface area contributed by atoms with Crippen LogP contribution < -0.4 is 16.4 Å². The van der Waals surface area contributed by atoms with Crippen molar-refractivity contribution in [2.75, 3.05) is 19.6 Å². The molecule has 61 heavy (non-hydrogen) atoms. The molecule has 0 saturated heterocycles. The summed E-state index contributed by atoms with van der Waals surface area (Å²) in [6, 6.07) is 6.55. The maximum atomic E-state index is 14.2. The fourth-order valence-corrected chi connectivity index (χ4v) is 15.3. The minimum atomic E-state index is -0.841. The van der Waals surface area contributed by atoms with Gasteiger partial charge in [0.05, 0.1) is 17.9 Å². The third-order valence-electron chi connectivity index (χ3n) is 18.9. The van der Waals surface area contributed by atoms with Gasteiger partial charge < -0.3 is 31.3 Å². The van der Waals surface area contributed by atoms with E-state index < -0.39 is 34.7 Å². The molecule has 11 heteroatoms. The molecule has 6 aliphatic rings. The Hall–Kier alpha value is -2.79. The molecule has 5 fully saturated rings. The van der Waals surface area contributed by atoms with E-state index in [1.165, 1.54) is 5.57 Å². The molecule has 0 aromatic heterocycles. The maximum Gasteiger partial charge on any atom is 0.309 e. The fraction of sp³-hybridized carbons (Fsp3) is 0.760. The molecule has 0 heterocycles. The van der Waals surface area contributed by atoms with Crippen molar-refractivity contribution in [3.63, 3.8) is 0 Å². The van der Waals surface area contributed by atoms with Crippen LogP contribution in [0.15, 0.2) is 35.4 Å². The summed E-state index contributed by atoms with van der Waals surface area (Å²) in [6.45, 7) is 21.4. The molecular formula is C50H74ClN3O7. The summed E-state index contributed by atoms with van der Waals surface area (Å²) in [6.07, 6.45) is 7.87. The number of carboxylic acid groups (broad SMARTS) is 1. The van der Waals surface area contributed by atoms with E-state index in [1.54, 1.807) is 24.3 Å². The first kappa shape index (κ1) is 46.2. The Morgan fingerprint density at radius 3 is 2.18 bits per heavy atom. The average molecular weight is 865 g/mol. The molecule has 0 bridgehead atoms. The van der Waals surface area contributed by atoms with Gasteiger partial charge in [0.2, 0.25) is 0 Å². The maximum absolute atomic E-state index is 14.2. The van der Waals surface area contributed by atoms with Crippen molar-refractivity contribution in [2.24, 2.45) is 73.7 Å². The molecule has 6 aliphatic carbocycles. The van der Waals surface area contributed by atoms with Gasteiger partial charge in [0.25, 0.3) is 5.91 Å². The van der Waals surface area contributed by atoms with E-state index in [9.17, 15) is 29.4 Å². The highest BCUT2D eigenvalue weighted by Gasteiger charge is 2.71. The summed E-state index contributed by atoms with van der Waals surface area (Å²) in [7, 11) is 0. The Morgan fingerprint density at radius 2 is 1.56 bits per heavy atom. The van der Waals surface area contributed by atoms with E-state index in [4.69, 9.17) is 22.1 Å². The number of carbonyl (C=O) groups is 4. The van der Waals surface area contributed by atoms with E-state index in [2.05, 4.69) is 59.1 Å². The van der Waals surface area contributed by atoms with Crippen molar-refractivity contribution in [3.05, 3.63) is 46.0 Å².